The van der Waals surface area contributed by atoms with E-state index in [2.05, 4.69) is 187 Å². The summed E-state index contributed by atoms with van der Waals surface area (Å²) in [7, 11) is 0. The SMILES string of the molecule is c1ccc(-c2ccc(N(c3ccc(-c4ccc5c(c4)oc4c(-c6cc7ccccc7o6)cc6ccccc6c45)cc3)c3ccc4ccccc4c3)cc2)cc1. The zero-order valence-corrected chi connectivity index (χ0v) is 29.8. The van der Waals surface area contributed by atoms with Crippen molar-refractivity contribution in [1.82, 2.24) is 0 Å². The number of para-hydroxylation sites is 1. The van der Waals surface area contributed by atoms with E-state index in [4.69, 9.17) is 8.83 Å². The highest BCUT2D eigenvalue weighted by atomic mass is 16.3. The van der Waals surface area contributed by atoms with Crippen LogP contribution in [-0.2, 0) is 0 Å². The van der Waals surface area contributed by atoms with Gasteiger partial charge in [0.25, 0.3) is 0 Å². The van der Waals surface area contributed by atoms with Gasteiger partial charge in [-0.2, -0.15) is 0 Å². The molecule has 2 aromatic heterocycles. The molecule has 0 bridgehead atoms. The Morgan fingerprint density at radius 3 is 1.69 bits per heavy atom. The summed E-state index contributed by atoms with van der Waals surface area (Å²) in [5, 5.41) is 8.01. The highest BCUT2D eigenvalue weighted by molar-refractivity contribution is 6.22. The molecule has 3 heteroatoms. The van der Waals surface area contributed by atoms with Crippen molar-refractivity contribution in [3.63, 3.8) is 0 Å². The van der Waals surface area contributed by atoms with Crippen LogP contribution in [0.25, 0.3) is 88.0 Å². The van der Waals surface area contributed by atoms with Gasteiger partial charge in [0, 0.05) is 33.2 Å². The molecule has 3 nitrogen and oxygen atoms in total. The Morgan fingerprint density at radius 1 is 0.327 bits per heavy atom. The van der Waals surface area contributed by atoms with E-state index in [0.717, 1.165) is 77.8 Å². The molecule has 0 spiro atoms. The number of hydrogen-bond donors (Lipinski definition) is 0. The van der Waals surface area contributed by atoms with Gasteiger partial charge in [0.2, 0.25) is 0 Å². The Kier molecular flexibility index (Phi) is 7.17. The summed E-state index contributed by atoms with van der Waals surface area (Å²) in [5.74, 6) is 0.803. The van der Waals surface area contributed by atoms with Gasteiger partial charge in [-0.25, -0.2) is 0 Å². The van der Waals surface area contributed by atoms with Gasteiger partial charge in [-0.1, -0.05) is 133 Å². The van der Waals surface area contributed by atoms with Crippen LogP contribution in [0.1, 0.15) is 0 Å². The first-order chi connectivity index (χ1) is 27.2. The van der Waals surface area contributed by atoms with Gasteiger partial charge < -0.3 is 13.7 Å². The molecule has 2 heterocycles. The summed E-state index contributed by atoms with van der Waals surface area (Å²) in [6.45, 7) is 0. The summed E-state index contributed by atoms with van der Waals surface area (Å²) in [4.78, 5) is 2.33. The number of rotatable bonds is 6. The average molecular weight is 704 g/mol. The van der Waals surface area contributed by atoms with E-state index in [9.17, 15) is 0 Å². The molecule has 0 fully saturated rings. The molecule has 0 saturated carbocycles. The van der Waals surface area contributed by atoms with Gasteiger partial charge in [0.05, 0.1) is 5.56 Å². The lowest BCUT2D eigenvalue weighted by atomic mass is 9.98. The normalized spacial score (nSPS) is 11.6. The van der Waals surface area contributed by atoms with Crippen molar-refractivity contribution in [3.8, 4) is 33.6 Å². The highest BCUT2D eigenvalue weighted by Crippen LogP contribution is 2.44. The molecule has 0 radical (unpaired) electrons. The third-order valence-electron chi connectivity index (χ3n) is 10.8. The van der Waals surface area contributed by atoms with E-state index in [1.54, 1.807) is 0 Å². The number of fused-ring (bicyclic) bond motifs is 7. The van der Waals surface area contributed by atoms with Crippen molar-refractivity contribution in [2.75, 3.05) is 4.90 Å². The van der Waals surface area contributed by atoms with E-state index >= 15 is 0 Å². The summed E-state index contributed by atoms with van der Waals surface area (Å²) in [6, 6.07) is 71.0. The largest absolute Gasteiger partial charge is 0.456 e. The number of hydrogen-bond acceptors (Lipinski definition) is 3. The summed E-state index contributed by atoms with van der Waals surface area (Å²) < 4.78 is 13.2. The second-order valence-corrected chi connectivity index (χ2v) is 14.1. The Balaban J connectivity index is 1.00. The first-order valence-corrected chi connectivity index (χ1v) is 18.7. The second kappa shape index (κ2) is 12.6. The minimum absolute atomic E-state index is 0.803. The fourth-order valence-corrected chi connectivity index (χ4v) is 8.10. The van der Waals surface area contributed by atoms with E-state index in [0.29, 0.717) is 0 Å². The molecule has 55 heavy (non-hydrogen) atoms. The van der Waals surface area contributed by atoms with Crippen molar-refractivity contribution in [2.45, 2.75) is 0 Å². The van der Waals surface area contributed by atoms with Crippen LogP contribution in [0.5, 0.6) is 0 Å². The van der Waals surface area contributed by atoms with Crippen molar-refractivity contribution in [1.29, 1.82) is 0 Å². The molecule has 0 unspecified atom stereocenters. The Labute approximate surface area is 317 Å². The Morgan fingerprint density at radius 2 is 0.927 bits per heavy atom. The standard InChI is InChI=1S/C52H33NO2/c1-2-10-34(11-3-1)36-18-24-42(25-19-36)53(44-28-22-35-12-4-5-13-38(35)30-44)43-26-20-37(21-27-43)39-23-29-46-49(32-39)55-52-47(31-40-14-6-8-16-45(40)51(46)52)50-33-41-15-7-9-17-48(41)54-50/h1-33H. The van der Waals surface area contributed by atoms with Crippen LogP contribution in [0.3, 0.4) is 0 Å². The number of anilines is 3. The molecule has 0 N–H and O–H groups in total. The average Bonchev–Trinajstić information content (AvgIpc) is 3.86. The maximum absolute atomic E-state index is 6.79. The number of benzene rings is 9. The molecule has 0 aliphatic carbocycles. The van der Waals surface area contributed by atoms with Crippen molar-refractivity contribution >= 4 is 71.5 Å². The van der Waals surface area contributed by atoms with E-state index in [1.165, 1.54) is 27.3 Å². The molecule has 0 aliphatic heterocycles. The van der Waals surface area contributed by atoms with Crippen LogP contribution in [0, 0.1) is 0 Å². The minimum Gasteiger partial charge on any atom is -0.456 e. The summed E-state index contributed by atoms with van der Waals surface area (Å²) in [6.07, 6.45) is 0. The lowest BCUT2D eigenvalue weighted by Crippen LogP contribution is -2.09. The number of furan rings is 2. The van der Waals surface area contributed by atoms with E-state index in [-0.39, 0.29) is 0 Å². The highest BCUT2D eigenvalue weighted by Gasteiger charge is 2.20. The Hall–Kier alpha value is -7.36. The van der Waals surface area contributed by atoms with Gasteiger partial charge in [0.15, 0.2) is 0 Å². The predicted octanol–water partition coefficient (Wildman–Crippen LogP) is 15.1. The second-order valence-electron chi connectivity index (χ2n) is 14.1. The lowest BCUT2D eigenvalue weighted by Gasteiger charge is -2.26. The fourth-order valence-electron chi connectivity index (χ4n) is 8.10. The van der Waals surface area contributed by atoms with Crippen LogP contribution < -0.4 is 4.90 Å². The molecular formula is C52H33NO2. The van der Waals surface area contributed by atoms with E-state index in [1.807, 2.05) is 18.2 Å². The van der Waals surface area contributed by atoms with Crippen LogP contribution in [0.2, 0.25) is 0 Å². The molecule has 0 aliphatic rings. The quantitative estimate of drug-likeness (QED) is 0.173. The molecule has 258 valence electrons. The molecule has 0 atom stereocenters. The van der Waals surface area contributed by atoms with Gasteiger partial charge >= 0.3 is 0 Å². The van der Waals surface area contributed by atoms with Gasteiger partial charge in [-0.15, -0.1) is 0 Å². The first-order valence-electron chi connectivity index (χ1n) is 18.7. The topological polar surface area (TPSA) is 29.5 Å². The van der Waals surface area contributed by atoms with Gasteiger partial charge in [0.1, 0.15) is 22.5 Å². The third-order valence-corrected chi connectivity index (χ3v) is 10.8. The fraction of sp³-hybridized carbons (Fsp3) is 0. The number of nitrogens with zero attached hydrogens (tertiary/aromatic N) is 1. The van der Waals surface area contributed by atoms with Crippen LogP contribution in [-0.4, -0.2) is 0 Å². The maximum atomic E-state index is 6.79. The third kappa shape index (κ3) is 5.36. The molecule has 0 saturated heterocycles. The first kappa shape index (κ1) is 31.2. The van der Waals surface area contributed by atoms with Crippen LogP contribution in [0.15, 0.2) is 209 Å². The van der Waals surface area contributed by atoms with E-state index < -0.39 is 0 Å². The zero-order chi connectivity index (χ0) is 36.3. The lowest BCUT2D eigenvalue weighted by molar-refractivity contribution is 0.626. The summed E-state index contributed by atoms with van der Waals surface area (Å²) in [5.41, 5.74) is 11.4. The molecule has 11 aromatic rings. The smallest absolute Gasteiger partial charge is 0.147 e. The minimum atomic E-state index is 0.803. The van der Waals surface area contributed by atoms with Crippen LogP contribution >= 0.6 is 0 Å². The monoisotopic (exact) mass is 703 g/mol. The van der Waals surface area contributed by atoms with Crippen molar-refractivity contribution in [3.05, 3.63) is 200 Å². The molecule has 11 rings (SSSR count). The van der Waals surface area contributed by atoms with Gasteiger partial charge in [-0.05, 0) is 111 Å². The zero-order valence-electron chi connectivity index (χ0n) is 29.8. The predicted molar refractivity (Wildman–Crippen MR) is 229 cm³/mol. The Bertz CT molecular complexity index is 3160. The van der Waals surface area contributed by atoms with Crippen LogP contribution in [0.4, 0.5) is 17.1 Å². The molecule has 0 amide bonds. The molecular weight excluding hydrogens is 671 g/mol. The molecule has 9 aromatic carbocycles. The van der Waals surface area contributed by atoms with Gasteiger partial charge in [-0.3, -0.25) is 0 Å². The maximum Gasteiger partial charge on any atom is 0.147 e. The van der Waals surface area contributed by atoms with Crippen molar-refractivity contribution < 1.29 is 8.83 Å². The van der Waals surface area contributed by atoms with Crippen molar-refractivity contribution in [2.24, 2.45) is 0 Å². The summed E-state index contributed by atoms with van der Waals surface area (Å²) >= 11 is 0.